The normalized spacial score (nSPS) is 11.8. The molecule has 0 spiro atoms. The maximum atomic E-state index is 5.18. The molecular formula is C44H28N4. The molecule has 4 nitrogen and oxygen atoms in total. The van der Waals surface area contributed by atoms with E-state index in [1.54, 1.807) is 0 Å². The molecule has 0 aliphatic rings. The fourth-order valence-electron chi connectivity index (χ4n) is 7.47. The minimum absolute atomic E-state index is 0.941. The number of para-hydroxylation sites is 3. The molecule has 0 bridgehead atoms. The highest BCUT2D eigenvalue weighted by molar-refractivity contribution is 6.26. The molecule has 10 aromatic rings. The maximum Gasteiger partial charge on any atom is 0.0730 e. The van der Waals surface area contributed by atoms with Gasteiger partial charge < -0.3 is 9.13 Å². The first-order chi connectivity index (χ1) is 23.8. The van der Waals surface area contributed by atoms with Crippen molar-refractivity contribution in [1.29, 1.82) is 0 Å². The Balaban J connectivity index is 1.36. The van der Waals surface area contributed by atoms with Crippen molar-refractivity contribution in [3.8, 4) is 33.9 Å². The minimum Gasteiger partial charge on any atom is -0.309 e. The molecule has 6 aromatic carbocycles. The molecule has 4 aromatic heterocycles. The Morgan fingerprint density at radius 1 is 0.417 bits per heavy atom. The summed E-state index contributed by atoms with van der Waals surface area (Å²) in [5, 5.41) is 6.01. The van der Waals surface area contributed by atoms with Gasteiger partial charge in [0.05, 0.1) is 50.3 Å². The highest BCUT2D eigenvalue weighted by Gasteiger charge is 2.22. The van der Waals surface area contributed by atoms with Crippen LogP contribution in [0.15, 0.2) is 170 Å². The molecule has 0 N–H and O–H groups in total. The maximum absolute atomic E-state index is 5.18. The van der Waals surface area contributed by atoms with Gasteiger partial charge in [-0.2, -0.15) is 0 Å². The van der Waals surface area contributed by atoms with Crippen LogP contribution in [0.3, 0.4) is 0 Å². The molecule has 0 saturated carbocycles. The van der Waals surface area contributed by atoms with Crippen molar-refractivity contribution in [1.82, 2.24) is 19.1 Å². The van der Waals surface area contributed by atoms with E-state index in [0.29, 0.717) is 0 Å². The quantitative estimate of drug-likeness (QED) is 0.198. The molecule has 4 heterocycles. The molecular weight excluding hydrogens is 585 g/mol. The molecule has 0 aliphatic heterocycles. The van der Waals surface area contributed by atoms with Gasteiger partial charge in [-0.3, -0.25) is 4.98 Å². The van der Waals surface area contributed by atoms with E-state index in [9.17, 15) is 0 Å². The van der Waals surface area contributed by atoms with Gasteiger partial charge in [0.25, 0.3) is 0 Å². The minimum atomic E-state index is 0.941. The monoisotopic (exact) mass is 612 g/mol. The lowest BCUT2D eigenvalue weighted by atomic mass is 10.1. The molecule has 0 radical (unpaired) electrons. The van der Waals surface area contributed by atoms with Crippen molar-refractivity contribution in [2.24, 2.45) is 0 Å². The fraction of sp³-hybridized carbons (Fsp3) is 0. The van der Waals surface area contributed by atoms with Crippen molar-refractivity contribution in [3.63, 3.8) is 0 Å². The summed E-state index contributed by atoms with van der Waals surface area (Å²) < 4.78 is 4.86. The standard InChI is InChI=1S/C44H28N4/c1-3-13-29(14-4-1)37-27-31(28-38(46-37)30-15-5-2-6-16-30)47-40-22-12-9-19-35(40)43-42(47)24-23-33-32-17-8-11-21-39(32)48(44(33)43)41-25-26-45-36-20-10-7-18-34(36)41/h1-28H. The summed E-state index contributed by atoms with van der Waals surface area (Å²) >= 11 is 0. The zero-order valence-electron chi connectivity index (χ0n) is 26.0. The summed E-state index contributed by atoms with van der Waals surface area (Å²) in [6, 6.07) is 58.1. The Morgan fingerprint density at radius 2 is 1.00 bits per heavy atom. The van der Waals surface area contributed by atoms with E-state index >= 15 is 0 Å². The molecule has 4 heteroatoms. The SMILES string of the molecule is c1ccc(-c2cc(-n3c4ccccc4c4c3ccc3c5ccccc5n(-c5ccnc6ccccc56)c34)cc(-c3ccccc3)n2)cc1. The predicted molar refractivity (Wildman–Crippen MR) is 199 cm³/mol. The summed E-state index contributed by atoms with van der Waals surface area (Å²) in [6.07, 6.45) is 1.93. The number of benzene rings is 6. The third kappa shape index (κ3) is 3.96. The zero-order chi connectivity index (χ0) is 31.6. The average molecular weight is 613 g/mol. The molecule has 0 fully saturated rings. The van der Waals surface area contributed by atoms with Gasteiger partial charge in [-0.1, -0.05) is 121 Å². The number of hydrogen-bond acceptors (Lipinski definition) is 2. The lowest BCUT2D eigenvalue weighted by molar-refractivity contribution is 1.16. The molecule has 0 amide bonds. The second kappa shape index (κ2) is 10.5. The van der Waals surface area contributed by atoms with Gasteiger partial charge in [0, 0.05) is 44.3 Å². The second-order valence-corrected chi connectivity index (χ2v) is 12.2. The molecule has 10 rings (SSSR count). The van der Waals surface area contributed by atoms with Crippen LogP contribution in [0.4, 0.5) is 0 Å². The van der Waals surface area contributed by atoms with Crippen LogP contribution in [0.25, 0.3) is 88.4 Å². The van der Waals surface area contributed by atoms with E-state index in [1.165, 1.54) is 32.6 Å². The Kier molecular flexibility index (Phi) is 5.84. The van der Waals surface area contributed by atoms with Crippen LogP contribution >= 0.6 is 0 Å². The highest BCUT2D eigenvalue weighted by Crippen LogP contribution is 2.43. The van der Waals surface area contributed by atoms with Crippen LogP contribution in [-0.4, -0.2) is 19.1 Å². The second-order valence-electron chi connectivity index (χ2n) is 12.2. The first-order valence-corrected chi connectivity index (χ1v) is 16.3. The lowest BCUT2D eigenvalue weighted by Gasteiger charge is -2.14. The smallest absolute Gasteiger partial charge is 0.0730 e. The van der Waals surface area contributed by atoms with Gasteiger partial charge >= 0.3 is 0 Å². The zero-order valence-corrected chi connectivity index (χ0v) is 26.0. The van der Waals surface area contributed by atoms with Crippen molar-refractivity contribution in [2.75, 3.05) is 0 Å². The summed E-state index contributed by atoms with van der Waals surface area (Å²) in [5.74, 6) is 0. The van der Waals surface area contributed by atoms with Crippen molar-refractivity contribution >= 4 is 54.5 Å². The molecule has 0 atom stereocenters. The third-order valence-corrected chi connectivity index (χ3v) is 9.54. The number of pyridine rings is 2. The average Bonchev–Trinajstić information content (AvgIpc) is 3.68. The molecule has 48 heavy (non-hydrogen) atoms. The Hall–Kier alpha value is -6.52. The van der Waals surface area contributed by atoms with E-state index in [1.807, 2.05) is 6.20 Å². The summed E-state index contributed by atoms with van der Waals surface area (Å²) in [7, 11) is 0. The number of aromatic nitrogens is 4. The van der Waals surface area contributed by atoms with Crippen LogP contribution in [0.2, 0.25) is 0 Å². The Bertz CT molecular complexity index is 2760. The van der Waals surface area contributed by atoms with Crippen molar-refractivity contribution < 1.29 is 0 Å². The van der Waals surface area contributed by atoms with Crippen LogP contribution < -0.4 is 0 Å². The van der Waals surface area contributed by atoms with E-state index in [4.69, 9.17) is 9.97 Å². The summed E-state index contributed by atoms with van der Waals surface area (Å²) in [5.41, 5.74) is 11.9. The van der Waals surface area contributed by atoms with Gasteiger partial charge in [-0.05, 0) is 42.5 Å². The van der Waals surface area contributed by atoms with E-state index in [2.05, 4.69) is 173 Å². The third-order valence-electron chi connectivity index (χ3n) is 9.54. The van der Waals surface area contributed by atoms with Crippen LogP contribution in [0.1, 0.15) is 0 Å². The van der Waals surface area contributed by atoms with E-state index < -0.39 is 0 Å². The topological polar surface area (TPSA) is 35.6 Å². The molecule has 0 unspecified atom stereocenters. The van der Waals surface area contributed by atoms with Gasteiger partial charge in [-0.15, -0.1) is 0 Å². The van der Waals surface area contributed by atoms with Gasteiger partial charge in [0.2, 0.25) is 0 Å². The van der Waals surface area contributed by atoms with Crippen molar-refractivity contribution in [3.05, 3.63) is 170 Å². The predicted octanol–water partition coefficient (Wildman–Crippen LogP) is 11.2. The van der Waals surface area contributed by atoms with E-state index in [-0.39, 0.29) is 0 Å². The summed E-state index contributed by atoms with van der Waals surface area (Å²) in [4.78, 5) is 9.89. The summed E-state index contributed by atoms with van der Waals surface area (Å²) in [6.45, 7) is 0. The largest absolute Gasteiger partial charge is 0.309 e. The molecule has 224 valence electrons. The highest BCUT2D eigenvalue weighted by atomic mass is 15.0. The first kappa shape index (κ1) is 26.7. The number of nitrogens with zero attached hydrogens (tertiary/aromatic N) is 4. The Morgan fingerprint density at radius 3 is 1.71 bits per heavy atom. The van der Waals surface area contributed by atoms with Crippen molar-refractivity contribution in [2.45, 2.75) is 0 Å². The first-order valence-electron chi connectivity index (χ1n) is 16.3. The lowest BCUT2D eigenvalue weighted by Crippen LogP contribution is -1.99. The van der Waals surface area contributed by atoms with Gasteiger partial charge in [0.1, 0.15) is 0 Å². The number of rotatable bonds is 4. The van der Waals surface area contributed by atoms with Crippen LogP contribution in [-0.2, 0) is 0 Å². The molecule has 0 aliphatic carbocycles. The number of fused-ring (bicyclic) bond motifs is 8. The fourth-order valence-corrected chi connectivity index (χ4v) is 7.47. The van der Waals surface area contributed by atoms with Crippen LogP contribution in [0.5, 0.6) is 0 Å². The van der Waals surface area contributed by atoms with Gasteiger partial charge in [-0.25, -0.2) is 4.98 Å². The van der Waals surface area contributed by atoms with Crippen LogP contribution in [0, 0.1) is 0 Å². The Labute approximate surface area is 276 Å². The van der Waals surface area contributed by atoms with Gasteiger partial charge in [0.15, 0.2) is 0 Å². The van der Waals surface area contributed by atoms with E-state index in [0.717, 1.165) is 55.8 Å². The molecule has 0 saturated heterocycles. The number of hydrogen-bond donors (Lipinski definition) is 0.